The second kappa shape index (κ2) is 7.00. The Bertz CT molecular complexity index is 391. The van der Waals surface area contributed by atoms with Crippen LogP contribution in [-0.4, -0.2) is 12.5 Å². The molecule has 1 fully saturated rings. The van der Waals surface area contributed by atoms with E-state index < -0.39 is 0 Å². The lowest BCUT2D eigenvalue weighted by Crippen LogP contribution is -2.28. The molecule has 2 heteroatoms. The van der Waals surface area contributed by atoms with E-state index in [1.807, 2.05) is 36.4 Å². The Hall–Kier alpha value is -1.57. The lowest BCUT2D eigenvalue weighted by molar-refractivity contribution is -0.116. The van der Waals surface area contributed by atoms with Crippen LogP contribution in [0.15, 0.2) is 36.4 Å². The van der Waals surface area contributed by atoms with Crippen LogP contribution in [0.3, 0.4) is 0 Å². The summed E-state index contributed by atoms with van der Waals surface area (Å²) < 4.78 is 0. The number of nitrogens with one attached hydrogen (secondary N) is 1. The van der Waals surface area contributed by atoms with E-state index in [0.717, 1.165) is 12.1 Å². The van der Waals surface area contributed by atoms with E-state index in [4.69, 9.17) is 0 Å². The van der Waals surface area contributed by atoms with E-state index in [-0.39, 0.29) is 5.91 Å². The van der Waals surface area contributed by atoms with E-state index in [1.165, 1.54) is 32.1 Å². The molecule has 0 atom stereocenters. The summed E-state index contributed by atoms with van der Waals surface area (Å²) >= 11 is 0. The van der Waals surface area contributed by atoms with Gasteiger partial charge in [-0.25, -0.2) is 0 Å². The molecule has 0 unspecified atom stereocenters. The monoisotopic (exact) mass is 243 g/mol. The molecule has 0 aromatic heterocycles. The molecular formula is C16H21NO. The standard InChI is InChI=1S/C16H21NO/c18-16(12-11-14-7-3-1-4-8-14)17-13-15-9-5-2-6-10-15/h1,3-4,7-8,11-12,15H,2,5-6,9-10,13H2,(H,17,18). The average Bonchev–Trinajstić information content (AvgIpc) is 2.45. The minimum atomic E-state index is 0.0180. The van der Waals surface area contributed by atoms with Crippen LogP contribution in [0.5, 0.6) is 0 Å². The number of amides is 1. The van der Waals surface area contributed by atoms with Crippen molar-refractivity contribution in [1.82, 2.24) is 5.32 Å². The van der Waals surface area contributed by atoms with Crippen molar-refractivity contribution in [1.29, 1.82) is 0 Å². The molecule has 18 heavy (non-hydrogen) atoms. The molecule has 2 nitrogen and oxygen atoms in total. The zero-order valence-corrected chi connectivity index (χ0v) is 10.8. The van der Waals surface area contributed by atoms with Crippen LogP contribution in [0.1, 0.15) is 37.7 Å². The van der Waals surface area contributed by atoms with Gasteiger partial charge in [0.05, 0.1) is 0 Å². The minimum Gasteiger partial charge on any atom is -0.352 e. The molecule has 0 aliphatic heterocycles. The Kier molecular flexibility index (Phi) is 5.00. The molecule has 0 spiro atoms. The number of hydrogen-bond donors (Lipinski definition) is 1. The molecule has 0 radical (unpaired) electrons. The highest BCUT2D eigenvalue weighted by molar-refractivity contribution is 5.91. The van der Waals surface area contributed by atoms with Crippen molar-refractivity contribution in [3.05, 3.63) is 42.0 Å². The van der Waals surface area contributed by atoms with E-state index in [1.54, 1.807) is 6.08 Å². The fourth-order valence-electron chi connectivity index (χ4n) is 2.43. The molecule has 1 aliphatic carbocycles. The Balaban J connectivity index is 1.73. The number of carbonyl (C=O) groups is 1. The molecule has 1 aromatic rings. The SMILES string of the molecule is O=C(C=Cc1ccccc1)NCC1CCCCC1. The third-order valence-corrected chi connectivity index (χ3v) is 3.52. The van der Waals surface area contributed by atoms with Gasteiger partial charge in [0.25, 0.3) is 0 Å². The van der Waals surface area contributed by atoms with Gasteiger partial charge in [0.15, 0.2) is 0 Å². The molecule has 2 rings (SSSR count). The van der Waals surface area contributed by atoms with Crippen LogP contribution in [-0.2, 0) is 4.79 Å². The van der Waals surface area contributed by atoms with Crippen molar-refractivity contribution in [3.63, 3.8) is 0 Å². The first-order valence-electron chi connectivity index (χ1n) is 6.85. The topological polar surface area (TPSA) is 29.1 Å². The highest BCUT2D eigenvalue weighted by atomic mass is 16.1. The first-order valence-corrected chi connectivity index (χ1v) is 6.85. The third kappa shape index (κ3) is 4.36. The summed E-state index contributed by atoms with van der Waals surface area (Å²) in [5.74, 6) is 0.706. The van der Waals surface area contributed by atoms with Gasteiger partial charge in [0.1, 0.15) is 0 Å². The van der Waals surface area contributed by atoms with Crippen molar-refractivity contribution in [2.75, 3.05) is 6.54 Å². The zero-order valence-electron chi connectivity index (χ0n) is 10.8. The molecule has 96 valence electrons. The number of rotatable bonds is 4. The molecule has 0 bridgehead atoms. The van der Waals surface area contributed by atoms with Crippen LogP contribution < -0.4 is 5.32 Å². The summed E-state index contributed by atoms with van der Waals surface area (Å²) in [4.78, 5) is 11.7. The predicted molar refractivity (Wildman–Crippen MR) is 75.1 cm³/mol. The Morgan fingerprint density at radius 3 is 2.61 bits per heavy atom. The summed E-state index contributed by atoms with van der Waals surface area (Å²) in [6.07, 6.45) is 10.0. The number of carbonyl (C=O) groups excluding carboxylic acids is 1. The van der Waals surface area contributed by atoms with Gasteiger partial charge in [-0.2, -0.15) is 0 Å². The van der Waals surface area contributed by atoms with Crippen LogP contribution in [0, 0.1) is 5.92 Å². The largest absolute Gasteiger partial charge is 0.352 e. The first kappa shape index (κ1) is 12.9. The Morgan fingerprint density at radius 1 is 1.17 bits per heavy atom. The Labute approximate surface area is 109 Å². The highest BCUT2D eigenvalue weighted by Crippen LogP contribution is 2.22. The van der Waals surface area contributed by atoms with Crippen LogP contribution in [0.2, 0.25) is 0 Å². The number of hydrogen-bond acceptors (Lipinski definition) is 1. The van der Waals surface area contributed by atoms with Crippen molar-refractivity contribution in [2.45, 2.75) is 32.1 Å². The van der Waals surface area contributed by atoms with Crippen molar-refractivity contribution in [2.24, 2.45) is 5.92 Å². The molecule has 1 aliphatic rings. The average molecular weight is 243 g/mol. The van der Waals surface area contributed by atoms with Crippen molar-refractivity contribution >= 4 is 12.0 Å². The molecule has 1 aromatic carbocycles. The van der Waals surface area contributed by atoms with Crippen molar-refractivity contribution in [3.8, 4) is 0 Å². The highest BCUT2D eigenvalue weighted by Gasteiger charge is 2.13. The van der Waals surface area contributed by atoms with Gasteiger partial charge in [-0.1, -0.05) is 49.6 Å². The summed E-state index contributed by atoms with van der Waals surface area (Å²) in [5, 5.41) is 3.00. The molecule has 1 amide bonds. The van der Waals surface area contributed by atoms with Gasteiger partial charge in [0, 0.05) is 12.6 Å². The van der Waals surface area contributed by atoms with E-state index in [9.17, 15) is 4.79 Å². The lowest BCUT2D eigenvalue weighted by atomic mass is 9.89. The fraction of sp³-hybridized carbons (Fsp3) is 0.438. The Morgan fingerprint density at radius 2 is 1.89 bits per heavy atom. The lowest BCUT2D eigenvalue weighted by Gasteiger charge is -2.21. The first-order chi connectivity index (χ1) is 8.84. The second-order valence-electron chi connectivity index (χ2n) is 4.99. The maximum atomic E-state index is 11.7. The molecular weight excluding hydrogens is 222 g/mol. The van der Waals surface area contributed by atoms with E-state index >= 15 is 0 Å². The van der Waals surface area contributed by atoms with Gasteiger partial charge in [0.2, 0.25) is 5.91 Å². The van der Waals surface area contributed by atoms with E-state index in [0.29, 0.717) is 5.92 Å². The van der Waals surface area contributed by atoms with Crippen molar-refractivity contribution < 1.29 is 4.79 Å². The van der Waals surface area contributed by atoms with Gasteiger partial charge >= 0.3 is 0 Å². The fourth-order valence-corrected chi connectivity index (χ4v) is 2.43. The maximum absolute atomic E-state index is 11.7. The normalized spacial score (nSPS) is 16.9. The number of benzene rings is 1. The second-order valence-corrected chi connectivity index (χ2v) is 4.99. The van der Waals surface area contributed by atoms with Gasteiger partial charge in [-0.05, 0) is 30.4 Å². The van der Waals surface area contributed by atoms with Crippen LogP contribution in [0.4, 0.5) is 0 Å². The van der Waals surface area contributed by atoms with Gasteiger partial charge < -0.3 is 5.32 Å². The molecule has 1 saturated carbocycles. The zero-order chi connectivity index (χ0) is 12.6. The summed E-state index contributed by atoms with van der Waals surface area (Å²) in [6, 6.07) is 9.90. The van der Waals surface area contributed by atoms with E-state index in [2.05, 4.69) is 5.32 Å². The maximum Gasteiger partial charge on any atom is 0.244 e. The minimum absolute atomic E-state index is 0.0180. The molecule has 1 N–H and O–H groups in total. The third-order valence-electron chi connectivity index (χ3n) is 3.52. The predicted octanol–water partition coefficient (Wildman–Crippen LogP) is 3.40. The summed E-state index contributed by atoms with van der Waals surface area (Å²) in [5.41, 5.74) is 1.06. The van der Waals surface area contributed by atoms with Crippen LogP contribution in [0.25, 0.3) is 6.08 Å². The molecule has 0 heterocycles. The van der Waals surface area contributed by atoms with Gasteiger partial charge in [-0.3, -0.25) is 4.79 Å². The quantitative estimate of drug-likeness (QED) is 0.807. The summed E-state index contributed by atoms with van der Waals surface area (Å²) in [7, 11) is 0. The smallest absolute Gasteiger partial charge is 0.244 e. The summed E-state index contributed by atoms with van der Waals surface area (Å²) in [6.45, 7) is 0.831. The molecule has 0 saturated heterocycles. The van der Waals surface area contributed by atoms with Gasteiger partial charge in [-0.15, -0.1) is 0 Å². The van der Waals surface area contributed by atoms with Crippen LogP contribution >= 0.6 is 0 Å².